The van der Waals surface area contributed by atoms with Crippen molar-refractivity contribution in [3.63, 3.8) is 0 Å². The van der Waals surface area contributed by atoms with E-state index < -0.39 is 16.8 Å². The van der Waals surface area contributed by atoms with Crippen LogP contribution < -0.4 is 4.90 Å². The Balaban J connectivity index is 1.36. The topological polar surface area (TPSA) is 110 Å². The number of hydrogen-bond acceptors (Lipinski definition) is 6. The van der Waals surface area contributed by atoms with Crippen LogP contribution in [0.4, 0.5) is 11.4 Å². The summed E-state index contributed by atoms with van der Waals surface area (Å²) in [6.45, 7) is 4.52. The van der Waals surface area contributed by atoms with Crippen molar-refractivity contribution in [1.82, 2.24) is 0 Å². The number of fused-ring (bicyclic) bond motifs is 3. The Bertz CT molecular complexity index is 1330. The SMILES string of the molecule is CCC1=C2[C@@H](CC/C(C)=C/c3cccc(O)c3)OC[C@@H]2[C@@H]2C(=O)N(c3cccc([N+](=O)[O-])c3)C(=O)[C@@H]2C1. The quantitative estimate of drug-likeness (QED) is 0.234. The monoisotopic (exact) mass is 502 g/mol. The van der Waals surface area contributed by atoms with Crippen LogP contribution in [0.5, 0.6) is 5.75 Å². The minimum Gasteiger partial charge on any atom is -0.508 e. The molecule has 8 heteroatoms. The molecule has 0 unspecified atom stereocenters. The third kappa shape index (κ3) is 4.57. The average molecular weight is 503 g/mol. The fraction of sp³-hybridized carbons (Fsp3) is 0.379. The second kappa shape index (κ2) is 9.94. The number of carbonyl (C=O) groups is 2. The molecule has 2 heterocycles. The maximum absolute atomic E-state index is 13.6. The van der Waals surface area contributed by atoms with Gasteiger partial charge in [-0.15, -0.1) is 0 Å². The minimum atomic E-state index is -0.525. The highest BCUT2D eigenvalue weighted by Gasteiger charge is 2.57. The van der Waals surface area contributed by atoms with Gasteiger partial charge in [0.1, 0.15) is 5.75 Å². The minimum absolute atomic E-state index is 0.108. The number of phenolic OH excluding ortho intramolecular Hbond substituents is 1. The van der Waals surface area contributed by atoms with E-state index in [1.54, 1.807) is 18.2 Å². The van der Waals surface area contributed by atoms with Gasteiger partial charge in [0.15, 0.2) is 0 Å². The zero-order chi connectivity index (χ0) is 26.3. The van der Waals surface area contributed by atoms with Gasteiger partial charge >= 0.3 is 0 Å². The van der Waals surface area contributed by atoms with Crippen LogP contribution in [-0.2, 0) is 14.3 Å². The number of phenols is 1. The molecule has 0 spiro atoms. The van der Waals surface area contributed by atoms with Crippen molar-refractivity contribution < 1.29 is 24.4 Å². The first-order chi connectivity index (χ1) is 17.8. The number of nitro benzene ring substituents is 1. The lowest BCUT2D eigenvalue weighted by molar-refractivity contribution is -0.384. The molecule has 1 N–H and O–H groups in total. The van der Waals surface area contributed by atoms with Gasteiger partial charge in [-0.1, -0.05) is 42.3 Å². The molecule has 3 aliphatic rings. The molecule has 0 aromatic heterocycles. The van der Waals surface area contributed by atoms with E-state index in [2.05, 4.69) is 13.8 Å². The van der Waals surface area contributed by atoms with Crippen molar-refractivity contribution in [2.75, 3.05) is 11.5 Å². The van der Waals surface area contributed by atoms with Gasteiger partial charge in [0.05, 0.1) is 35.2 Å². The molecule has 192 valence electrons. The number of rotatable bonds is 7. The number of amides is 2. The average Bonchev–Trinajstić information content (AvgIpc) is 3.40. The number of hydrogen-bond donors (Lipinski definition) is 1. The molecule has 4 atom stereocenters. The van der Waals surface area contributed by atoms with E-state index in [1.807, 2.05) is 18.2 Å². The Labute approximate surface area is 215 Å². The highest BCUT2D eigenvalue weighted by Crippen LogP contribution is 2.51. The summed E-state index contributed by atoms with van der Waals surface area (Å²) in [6.07, 6.45) is 4.81. The Morgan fingerprint density at radius 2 is 1.95 bits per heavy atom. The van der Waals surface area contributed by atoms with Gasteiger partial charge in [0, 0.05) is 18.1 Å². The van der Waals surface area contributed by atoms with Crippen LogP contribution in [0.25, 0.3) is 6.08 Å². The highest BCUT2D eigenvalue weighted by molar-refractivity contribution is 6.22. The molecular weight excluding hydrogens is 472 g/mol. The third-order valence-electron chi connectivity index (χ3n) is 7.82. The molecule has 2 aromatic carbocycles. The van der Waals surface area contributed by atoms with Crippen molar-refractivity contribution in [3.8, 4) is 5.75 Å². The fourth-order valence-electron chi connectivity index (χ4n) is 6.14. The van der Waals surface area contributed by atoms with Gasteiger partial charge < -0.3 is 9.84 Å². The van der Waals surface area contributed by atoms with E-state index in [0.29, 0.717) is 13.0 Å². The lowest BCUT2D eigenvalue weighted by Crippen LogP contribution is -2.34. The van der Waals surface area contributed by atoms with Crippen molar-refractivity contribution in [2.45, 2.75) is 45.6 Å². The van der Waals surface area contributed by atoms with Crippen LogP contribution >= 0.6 is 0 Å². The number of carbonyl (C=O) groups excluding carboxylic acids is 2. The Hall–Kier alpha value is -3.78. The van der Waals surface area contributed by atoms with Crippen LogP contribution in [0.15, 0.2) is 65.3 Å². The van der Waals surface area contributed by atoms with Gasteiger partial charge in [0.25, 0.3) is 5.69 Å². The summed E-state index contributed by atoms with van der Waals surface area (Å²) < 4.78 is 6.24. The van der Waals surface area contributed by atoms with Crippen LogP contribution in [0.3, 0.4) is 0 Å². The standard InChI is InChI=1S/C29H30N2O6/c1-3-19-14-23-27(29(34)30(28(23)33)20-7-5-8-21(15-20)31(35)36)24-16-37-25(26(19)24)11-10-17(2)12-18-6-4-9-22(32)13-18/h4-9,12-13,15,23-25,27,32H,3,10-11,14,16H2,1-2H3/b17-12+/t23-,24+,25-,27-/m1/s1. The summed E-state index contributed by atoms with van der Waals surface area (Å²) in [4.78, 5) is 38.9. The molecule has 0 radical (unpaired) electrons. The molecule has 8 nitrogen and oxygen atoms in total. The summed E-state index contributed by atoms with van der Waals surface area (Å²) in [7, 11) is 0. The molecule has 2 saturated heterocycles. The van der Waals surface area contributed by atoms with Gasteiger partial charge in [-0.05, 0) is 61.9 Å². The molecule has 2 fully saturated rings. The van der Waals surface area contributed by atoms with Crippen LogP contribution in [0.2, 0.25) is 0 Å². The largest absolute Gasteiger partial charge is 0.508 e. The third-order valence-corrected chi connectivity index (χ3v) is 7.82. The number of nitro groups is 1. The van der Waals surface area contributed by atoms with Crippen molar-refractivity contribution in [1.29, 1.82) is 0 Å². The smallest absolute Gasteiger partial charge is 0.271 e. The molecular formula is C29H30N2O6. The number of imide groups is 1. The second-order valence-corrected chi connectivity index (χ2v) is 10.1. The maximum atomic E-state index is 13.6. The van der Waals surface area contributed by atoms with Crippen LogP contribution in [0, 0.1) is 27.9 Å². The zero-order valence-corrected chi connectivity index (χ0v) is 20.9. The van der Waals surface area contributed by atoms with E-state index in [4.69, 9.17) is 4.74 Å². The Morgan fingerprint density at radius 3 is 2.68 bits per heavy atom. The number of ether oxygens (including phenoxy) is 1. The van der Waals surface area contributed by atoms with Gasteiger partial charge in [0.2, 0.25) is 11.8 Å². The van der Waals surface area contributed by atoms with Crippen molar-refractivity contribution >= 4 is 29.3 Å². The first-order valence-electron chi connectivity index (χ1n) is 12.7. The number of benzene rings is 2. The number of aromatic hydroxyl groups is 1. The number of nitrogens with zero attached hydrogens (tertiary/aromatic N) is 2. The van der Waals surface area contributed by atoms with E-state index >= 15 is 0 Å². The van der Waals surface area contributed by atoms with Crippen molar-refractivity contribution in [2.24, 2.45) is 17.8 Å². The van der Waals surface area contributed by atoms with Gasteiger partial charge in [-0.25, -0.2) is 4.90 Å². The molecule has 2 aromatic rings. The summed E-state index contributed by atoms with van der Waals surface area (Å²) in [5.41, 5.74) is 4.55. The highest BCUT2D eigenvalue weighted by atomic mass is 16.6. The predicted molar refractivity (Wildman–Crippen MR) is 139 cm³/mol. The first kappa shape index (κ1) is 24.9. The van der Waals surface area contributed by atoms with Gasteiger partial charge in [-0.3, -0.25) is 19.7 Å². The number of allylic oxidation sites excluding steroid dienone is 2. The maximum Gasteiger partial charge on any atom is 0.271 e. The summed E-state index contributed by atoms with van der Waals surface area (Å²) in [5.74, 6) is -1.48. The second-order valence-electron chi connectivity index (χ2n) is 10.1. The van der Waals surface area contributed by atoms with E-state index in [1.165, 1.54) is 23.8 Å². The lowest BCUT2D eigenvalue weighted by atomic mass is 9.69. The molecule has 1 aliphatic carbocycles. The van der Waals surface area contributed by atoms with Crippen molar-refractivity contribution in [3.05, 3.63) is 80.9 Å². The predicted octanol–water partition coefficient (Wildman–Crippen LogP) is 5.42. The number of anilines is 1. The molecule has 37 heavy (non-hydrogen) atoms. The van der Waals surface area contributed by atoms with Crippen LogP contribution in [-0.4, -0.2) is 34.6 Å². The van der Waals surface area contributed by atoms with Crippen LogP contribution in [0.1, 0.15) is 45.1 Å². The fourth-order valence-corrected chi connectivity index (χ4v) is 6.14. The molecule has 2 aliphatic heterocycles. The molecule has 5 rings (SSSR count). The summed E-state index contributed by atoms with van der Waals surface area (Å²) >= 11 is 0. The molecule has 2 amide bonds. The normalized spacial score (nSPS) is 25.5. The Morgan fingerprint density at radius 1 is 1.16 bits per heavy atom. The van der Waals surface area contributed by atoms with E-state index in [9.17, 15) is 24.8 Å². The van der Waals surface area contributed by atoms with Gasteiger partial charge in [-0.2, -0.15) is 0 Å². The molecule has 0 bridgehead atoms. The number of non-ortho nitro benzene ring substituents is 1. The molecule has 0 saturated carbocycles. The first-order valence-corrected chi connectivity index (χ1v) is 12.7. The zero-order valence-electron chi connectivity index (χ0n) is 20.9. The Kier molecular flexibility index (Phi) is 6.69. The van der Waals surface area contributed by atoms with E-state index in [0.717, 1.165) is 40.9 Å². The van der Waals surface area contributed by atoms with E-state index in [-0.39, 0.29) is 41.0 Å². The summed E-state index contributed by atoms with van der Waals surface area (Å²) in [5, 5.41) is 21.0. The summed E-state index contributed by atoms with van der Waals surface area (Å²) in [6, 6.07) is 12.8. The lowest BCUT2D eigenvalue weighted by Gasteiger charge is -2.31.